The molecule has 1 aromatic rings. The summed E-state index contributed by atoms with van der Waals surface area (Å²) in [6, 6.07) is 7.56. The van der Waals surface area contributed by atoms with E-state index in [2.05, 4.69) is 0 Å². The average Bonchev–Trinajstić information content (AvgIpc) is 2.64. The van der Waals surface area contributed by atoms with E-state index < -0.39 is 5.97 Å². The molecule has 2 rings (SSSR count). The zero-order chi connectivity index (χ0) is 17.2. The Labute approximate surface area is 142 Å². The van der Waals surface area contributed by atoms with E-state index in [1.165, 1.54) is 20.5 Å². The van der Waals surface area contributed by atoms with Crippen LogP contribution in [0.25, 0.3) is 11.6 Å². The Bertz CT molecular complexity index is 585. The Balaban J connectivity index is 2.05. The number of methoxy groups -OCH3 is 2. The highest BCUT2D eigenvalue weighted by Crippen LogP contribution is 2.22. The Kier molecular flexibility index (Phi) is 7.52. The van der Waals surface area contributed by atoms with Gasteiger partial charge in [-0.2, -0.15) is 0 Å². The molecule has 130 valence electrons. The molecule has 0 spiro atoms. The molecule has 1 atom stereocenters. The fourth-order valence-corrected chi connectivity index (χ4v) is 2.52. The predicted molar refractivity (Wildman–Crippen MR) is 92.0 cm³/mol. The number of esters is 1. The second-order valence-electron chi connectivity index (χ2n) is 5.38. The van der Waals surface area contributed by atoms with E-state index in [4.69, 9.17) is 18.9 Å². The van der Waals surface area contributed by atoms with Crippen LogP contribution in [0.5, 0.6) is 0 Å². The highest BCUT2D eigenvalue weighted by molar-refractivity contribution is 6.17. The molecule has 1 aliphatic rings. The van der Waals surface area contributed by atoms with Gasteiger partial charge >= 0.3 is 5.97 Å². The monoisotopic (exact) mass is 332 g/mol. The van der Waals surface area contributed by atoms with Crippen molar-refractivity contribution >= 4 is 17.6 Å². The van der Waals surface area contributed by atoms with Crippen LogP contribution in [0.15, 0.2) is 36.6 Å². The van der Waals surface area contributed by atoms with Crippen molar-refractivity contribution in [2.24, 2.45) is 0 Å². The zero-order valence-electron chi connectivity index (χ0n) is 14.2. The standard InChI is InChI=1S/C19H24O5/c1-21-14-17(19(20)22-2)16-10-4-3-8-15(16)9-7-13-24-18-11-5-6-12-23-18/h3-4,7-10,14,18H,5-6,11-13H2,1-2H3. The summed E-state index contributed by atoms with van der Waals surface area (Å²) in [5.74, 6) is -0.440. The molecular formula is C19H24O5. The number of benzene rings is 1. The van der Waals surface area contributed by atoms with Crippen molar-refractivity contribution in [2.75, 3.05) is 27.4 Å². The first-order valence-corrected chi connectivity index (χ1v) is 8.06. The minimum Gasteiger partial charge on any atom is -0.503 e. The normalized spacial score (nSPS) is 18.6. The smallest absolute Gasteiger partial charge is 0.341 e. The summed E-state index contributed by atoms with van der Waals surface area (Å²) < 4.78 is 21.0. The summed E-state index contributed by atoms with van der Waals surface area (Å²) in [6.07, 6.45) is 8.30. The molecule has 24 heavy (non-hydrogen) atoms. The molecule has 1 aliphatic heterocycles. The fraction of sp³-hybridized carbons (Fsp3) is 0.421. The van der Waals surface area contributed by atoms with E-state index in [0.29, 0.717) is 12.2 Å². The van der Waals surface area contributed by atoms with Gasteiger partial charge in [-0.15, -0.1) is 0 Å². The van der Waals surface area contributed by atoms with Gasteiger partial charge in [-0.3, -0.25) is 0 Å². The first-order chi connectivity index (χ1) is 11.8. The lowest BCUT2D eigenvalue weighted by Gasteiger charge is -2.21. The van der Waals surface area contributed by atoms with Gasteiger partial charge in [0.25, 0.3) is 0 Å². The molecule has 0 N–H and O–H groups in total. The summed E-state index contributed by atoms with van der Waals surface area (Å²) in [5.41, 5.74) is 2.01. The van der Waals surface area contributed by atoms with E-state index in [0.717, 1.165) is 37.0 Å². The highest BCUT2D eigenvalue weighted by Gasteiger charge is 2.16. The maximum absolute atomic E-state index is 12.0. The molecule has 0 aromatic heterocycles. The van der Waals surface area contributed by atoms with Gasteiger partial charge < -0.3 is 18.9 Å². The van der Waals surface area contributed by atoms with Crippen LogP contribution in [0.3, 0.4) is 0 Å². The van der Waals surface area contributed by atoms with Gasteiger partial charge in [-0.1, -0.05) is 36.4 Å². The van der Waals surface area contributed by atoms with Crippen LogP contribution in [0, 0.1) is 0 Å². The number of hydrogen-bond acceptors (Lipinski definition) is 5. The average molecular weight is 332 g/mol. The van der Waals surface area contributed by atoms with E-state index >= 15 is 0 Å². The summed E-state index contributed by atoms with van der Waals surface area (Å²) in [4.78, 5) is 12.0. The van der Waals surface area contributed by atoms with Gasteiger partial charge in [0.15, 0.2) is 6.29 Å². The van der Waals surface area contributed by atoms with Crippen molar-refractivity contribution in [1.29, 1.82) is 0 Å². The fourth-order valence-electron chi connectivity index (χ4n) is 2.52. The van der Waals surface area contributed by atoms with Crippen molar-refractivity contribution < 1.29 is 23.7 Å². The van der Waals surface area contributed by atoms with E-state index in [1.807, 2.05) is 36.4 Å². The van der Waals surface area contributed by atoms with Crippen LogP contribution in [-0.2, 0) is 23.7 Å². The van der Waals surface area contributed by atoms with Crippen molar-refractivity contribution in [3.63, 3.8) is 0 Å². The molecule has 5 heteroatoms. The third-order valence-corrected chi connectivity index (χ3v) is 3.71. The molecule has 5 nitrogen and oxygen atoms in total. The third-order valence-electron chi connectivity index (χ3n) is 3.71. The van der Waals surface area contributed by atoms with Crippen LogP contribution >= 0.6 is 0 Å². The van der Waals surface area contributed by atoms with Gasteiger partial charge in [0, 0.05) is 6.61 Å². The topological polar surface area (TPSA) is 54.0 Å². The minimum absolute atomic E-state index is 0.113. The molecule has 1 aromatic carbocycles. The van der Waals surface area contributed by atoms with Crippen LogP contribution in [0.4, 0.5) is 0 Å². The molecule has 1 fully saturated rings. The number of ether oxygens (including phenoxy) is 4. The summed E-state index contributed by atoms with van der Waals surface area (Å²) in [6.45, 7) is 1.22. The number of carbonyl (C=O) groups excluding carboxylic acids is 1. The molecule has 1 heterocycles. The molecular weight excluding hydrogens is 308 g/mol. The Morgan fingerprint density at radius 3 is 2.83 bits per heavy atom. The summed E-state index contributed by atoms with van der Waals surface area (Å²) in [7, 11) is 2.85. The van der Waals surface area contributed by atoms with Gasteiger partial charge in [0.05, 0.1) is 27.1 Å². The first-order valence-electron chi connectivity index (χ1n) is 8.06. The van der Waals surface area contributed by atoms with Crippen molar-refractivity contribution in [3.8, 4) is 0 Å². The Morgan fingerprint density at radius 2 is 2.12 bits per heavy atom. The van der Waals surface area contributed by atoms with Gasteiger partial charge in [0.1, 0.15) is 5.57 Å². The molecule has 1 saturated heterocycles. The number of hydrogen-bond donors (Lipinski definition) is 0. The quantitative estimate of drug-likeness (QED) is 0.435. The number of carbonyl (C=O) groups is 1. The SMILES string of the molecule is COC=C(C(=O)OC)c1ccccc1C=CCOC1CCCCO1. The predicted octanol–water partition coefficient (Wildman–Crippen LogP) is 3.40. The van der Waals surface area contributed by atoms with E-state index in [1.54, 1.807) is 0 Å². The maximum Gasteiger partial charge on any atom is 0.341 e. The Hall–Kier alpha value is -2.11. The second kappa shape index (κ2) is 9.90. The van der Waals surface area contributed by atoms with Crippen LogP contribution in [0.2, 0.25) is 0 Å². The van der Waals surface area contributed by atoms with Crippen molar-refractivity contribution in [2.45, 2.75) is 25.6 Å². The van der Waals surface area contributed by atoms with Crippen LogP contribution in [-0.4, -0.2) is 39.7 Å². The lowest BCUT2D eigenvalue weighted by molar-refractivity contribution is -0.155. The zero-order valence-corrected chi connectivity index (χ0v) is 14.2. The number of rotatable bonds is 7. The first kappa shape index (κ1) is 18.2. The minimum atomic E-state index is -0.440. The maximum atomic E-state index is 12.0. The largest absolute Gasteiger partial charge is 0.503 e. The Morgan fingerprint density at radius 1 is 1.29 bits per heavy atom. The third kappa shape index (κ3) is 5.22. The second-order valence-corrected chi connectivity index (χ2v) is 5.38. The molecule has 0 saturated carbocycles. The lowest BCUT2D eigenvalue weighted by atomic mass is 10.0. The molecule has 0 bridgehead atoms. The van der Waals surface area contributed by atoms with E-state index in [-0.39, 0.29) is 6.29 Å². The molecule has 1 unspecified atom stereocenters. The molecule has 0 radical (unpaired) electrons. The van der Waals surface area contributed by atoms with Crippen molar-refractivity contribution in [3.05, 3.63) is 47.7 Å². The van der Waals surface area contributed by atoms with Gasteiger partial charge in [-0.05, 0) is 30.4 Å². The van der Waals surface area contributed by atoms with Crippen LogP contribution < -0.4 is 0 Å². The summed E-state index contributed by atoms with van der Waals surface area (Å²) in [5, 5.41) is 0. The summed E-state index contributed by atoms with van der Waals surface area (Å²) >= 11 is 0. The molecule has 0 amide bonds. The highest BCUT2D eigenvalue weighted by atomic mass is 16.7. The van der Waals surface area contributed by atoms with Crippen LogP contribution in [0.1, 0.15) is 30.4 Å². The van der Waals surface area contributed by atoms with Gasteiger partial charge in [-0.25, -0.2) is 4.79 Å². The van der Waals surface area contributed by atoms with E-state index in [9.17, 15) is 4.79 Å². The van der Waals surface area contributed by atoms with Crippen molar-refractivity contribution in [1.82, 2.24) is 0 Å². The lowest BCUT2D eigenvalue weighted by Crippen LogP contribution is -2.22. The van der Waals surface area contributed by atoms with Gasteiger partial charge in [0.2, 0.25) is 0 Å². The molecule has 0 aliphatic carbocycles.